The molecule has 0 amide bonds. The number of nitrogens with zero attached hydrogens (tertiary/aromatic N) is 2. The van der Waals surface area contributed by atoms with Crippen LogP contribution in [0.5, 0.6) is 17.2 Å². The van der Waals surface area contributed by atoms with E-state index in [1.54, 1.807) is 18.2 Å². The highest BCUT2D eigenvalue weighted by Crippen LogP contribution is 2.38. The number of nitrogens with one attached hydrogen (secondary N) is 1. The van der Waals surface area contributed by atoms with Gasteiger partial charge in [-0.3, -0.25) is 0 Å². The summed E-state index contributed by atoms with van der Waals surface area (Å²) in [5.41, 5.74) is 2.62. The van der Waals surface area contributed by atoms with Crippen molar-refractivity contribution in [1.29, 1.82) is 0 Å². The van der Waals surface area contributed by atoms with Gasteiger partial charge in [0.2, 0.25) is 0 Å². The maximum Gasteiger partial charge on any atom is 0.339 e. The molecule has 176 valence electrons. The first kappa shape index (κ1) is 22.3. The van der Waals surface area contributed by atoms with E-state index < -0.39 is 5.97 Å². The van der Waals surface area contributed by atoms with E-state index in [-0.39, 0.29) is 11.7 Å². The van der Waals surface area contributed by atoms with Crippen LogP contribution in [0.2, 0.25) is 5.02 Å². The van der Waals surface area contributed by atoms with Crippen LogP contribution in [0.4, 0.5) is 5.82 Å². The number of aromatic nitrogens is 2. The Labute approximate surface area is 201 Å². The van der Waals surface area contributed by atoms with Gasteiger partial charge in [0, 0.05) is 18.2 Å². The Morgan fingerprint density at radius 2 is 2.00 bits per heavy atom. The van der Waals surface area contributed by atoms with Gasteiger partial charge >= 0.3 is 5.97 Å². The molecule has 2 aliphatic rings. The van der Waals surface area contributed by atoms with E-state index >= 15 is 0 Å². The molecule has 0 spiro atoms. The number of ether oxygens (including phenoxy) is 3. The molecule has 0 bridgehead atoms. The van der Waals surface area contributed by atoms with Crippen molar-refractivity contribution >= 4 is 23.4 Å². The molecule has 1 fully saturated rings. The van der Waals surface area contributed by atoms with E-state index in [2.05, 4.69) is 15.3 Å². The molecule has 9 heteroatoms. The molecule has 3 aromatic rings. The highest BCUT2D eigenvalue weighted by Gasteiger charge is 2.23. The van der Waals surface area contributed by atoms with Gasteiger partial charge in [-0.15, -0.1) is 0 Å². The standard InChI is InChI=1S/C25H24ClN3O5/c26-19-10-15(11-22-24(19)33-9-8-32-22)6-7-27-23-13-20(28-14-29-23)16-4-5-18(25(30)31)21(12-16)34-17-2-1-3-17/h4-5,10-14,17H,1-3,6-9H2,(H,30,31)(H,27,28,29). The molecule has 0 saturated heterocycles. The molecular weight excluding hydrogens is 458 g/mol. The number of anilines is 1. The summed E-state index contributed by atoms with van der Waals surface area (Å²) < 4.78 is 17.1. The average molecular weight is 482 g/mol. The zero-order chi connectivity index (χ0) is 23.5. The lowest BCUT2D eigenvalue weighted by Gasteiger charge is -2.27. The Kier molecular flexibility index (Phi) is 6.40. The molecule has 0 unspecified atom stereocenters. The lowest BCUT2D eigenvalue weighted by Crippen LogP contribution is -2.25. The SMILES string of the molecule is O=C(O)c1ccc(-c2cc(NCCc3cc(Cl)c4c(c3)OCCO4)ncn2)cc1OC1CCC1. The first-order valence-electron chi connectivity index (χ1n) is 11.2. The number of rotatable bonds is 8. The third kappa shape index (κ3) is 4.87. The molecule has 1 aromatic heterocycles. The quantitative estimate of drug-likeness (QED) is 0.470. The average Bonchev–Trinajstić information content (AvgIpc) is 2.81. The van der Waals surface area contributed by atoms with E-state index in [1.165, 1.54) is 6.33 Å². The van der Waals surface area contributed by atoms with Crippen molar-refractivity contribution in [2.45, 2.75) is 31.8 Å². The number of carbonyl (C=O) groups is 1. The van der Waals surface area contributed by atoms with E-state index in [0.29, 0.717) is 60.0 Å². The van der Waals surface area contributed by atoms with Crippen LogP contribution in [-0.2, 0) is 6.42 Å². The first-order chi connectivity index (χ1) is 16.6. The Balaban J connectivity index is 1.28. The van der Waals surface area contributed by atoms with Crippen molar-refractivity contribution in [2.75, 3.05) is 25.1 Å². The number of hydrogen-bond donors (Lipinski definition) is 2. The maximum absolute atomic E-state index is 11.6. The summed E-state index contributed by atoms with van der Waals surface area (Å²) >= 11 is 6.33. The molecule has 1 aliphatic carbocycles. The highest BCUT2D eigenvalue weighted by atomic mass is 35.5. The molecule has 2 aromatic carbocycles. The summed E-state index contributed by atoms with van der Waals surface area (Å²) in [5.74, 6) is 1.29. The van der Waals surface area contributed by atoms with Crippen molar-refractivity contribution in [1.82, 2.24) is 9.97 Å². The van der Waals surface area contributed by atoms with Crippen LogP contribution in [0.3, 0.4) is 0 Å². The van der Waals surface area contributed by atoms with Gasteiger partial charge in [-0.25, -0.2) is 14.8 Å². The van der Waals surface area contributed by atoms with Crippen molar-refractivity contribution in [3.8, 4) is 28.5 Å². The van der Waals surface area contributed by atoms with Crippen LogP contribution in [0.25, 0.3) is 11.3 Å². The van der Waals surface area contributed by atoms with Crippen molar-refractivity contribution in [2.24, 2.45) is 0 Å². The van der Waals surface area contributed by atoms with Gasteiger partial charge in [0.1, 0.15) is 36.7 Å². The minimum absolute atomic E-state index is 0.0741. The van der Waals surface area contributed by atoms with E-state index in [4.69, 9.17) is 25.8 Å². The minimum Gasteiger partial charge on any atom is -0.490 e. The largest absolute Gasteiger partial charge is 0.490 e. The van der Waals surface area contributed by atoms with Gasteiger partial charge in [-0.05, 0) is 55.5 Å². The normalized spacial score (nSPS) is 14.9. The van der Waals surface area contributed by atoms with Gasteiger partial charge < -0.3 is 24.6 Å². The third-order valence-electron chi connectivity index (χ3n) is 5.90. The summed E-state index contributed by atoms with van der Waals surface area (Å²) in [6.07, 6.45) is 5.26. The Hall–Kier alpha value is -3.52. The monoisotopic (exact) mass is 481 g/mol. The Morgan fingerprint density at radius 3 is 2.79 bits per heavy atom. The van der Waals surface area contributed by atoms with Crippen LogP contribution in [0.15, 0.2) is 42.7 Å². The van der Waals surface area contributed by atoms with E-state index in [0.717, 1.165) is 30.4 Å². The third-order valence-corrected chi connectivity index (χ3v) is 6.18. The van der Waals surface area contributed by atoms with Gasteiger partial charge in [-0.2, -0.15) is 0 Å². The van der Waals surface area contributed by atoms with Crippen LogP contribution in [-0.4, -0.2) is 46.9 Å². The molecule has 1 aliphatic heterocycles. The summed E-state index contributed by atoms with van der Waals surface area (Å²) in [6, 6.07) is 10.7. The van der Waals surface area contributed by atoms with Crippen LogP contribution in [0.1, 0.15) is 35.2 Å². The number of carboxylic acids is 1. The molecule has 0 atom stereocenters. The first-order valence-corrected chi connectivity index (χ1v) is 11.6. The molecule has 0 radical (unpaired) electrons. The predicted molar refractivity (Wildman–Crippen MR) is 127 cm³/mol. The zero-order valence-corrected chi connectivity index (χ0v) is 19.2. The number of hydrogen-bond acceptors (Lipinski definition) is 7. The van der Waals surface area contributed by atoms with Gasteiger partial charge in [0.15, 0.2) is 11.5 Å². The number of aromatic carboxylic acids is 1. The highest BCUT2D eigenvalue weighted by molar-refractivity contribution is 6.32. The molecule has 5 rings (SSSR count). The number of benzene rings is 2. The van der Waals surface area contributed by atoms with Crippen molar-refractivity contribution in [3.05, 3.63) is 58.9 Å². The summed E-state index contributed by atoms with van der Waals surface area (Å²) in [4.78, 5) is 20.3. The van der Waals surface area contributed by atoms with Gasteiger partial charge in [0.25, 0.3) is 0 Å². The van der Waals surface area contributed by atoms with E-state index in [9.17, 15) is 9.90 Å². The van der Waals surface area contributed by atoms with Gasteiger partial charge in [-0.1, -0.05) is 17.7 Å². The maximum atomic E-state index is 11.6. The summed E-state index contributed by atoms with van der Waals surface area (Å²) in [7, 11) is 0. The Bertz CT molecular complexity index is 1220. The fourth-order valence-corrected chi connectivity index (χ4v) is 4.17. The molecule has 1 saturated carbocycles. The van der Waals surface area contributed by atoms with Crippen molar-refractivity contribution in [3.63, 3.8) is 0 Å². The van der Waals surface area contributed by atoms with E-state index in [1.807, 2.05) is 18.2 Å². The van der Waals surface area contributed by atoms with Gasteiger partial charge in [0.05, 0.1) is 16.8 Å². The minimum atomic E-state index is -1.01. The smallest absolute Gasteiger partial charge is 0.339 e. The fraction of sp³-hybridized carbons (Fsp3) is 0.320. The zero-order valence-electron chi connectivity index (χ0n) is 18.4. The molecule has 34 heavy (non-hydrogen) atoms. The summed E-state index contributed by atoms with van der Waals surface area (Å²) in [6.45, 7) is 1.63. The topological polar surface area (TPSA) is 103 Å². The molecule has 2 heterocycles. The number of carboxylic acid groups (broad SMARTS) is 1. The van der Waals surface area contributed by atoms with Crippen molar-refractivity contribution < 1.29 is 24.1 Å². The van der Waals surface area contributed by atoms with Crippen LogP contribution >= 0.6 is 11.6 Å². The second kappa shape index (κ2) is 9.77. The van der Waals surface area contributed by atoms with Crippen LogP contribution < -0.4 is 19.5 Å². The number of fused-ring (bicyclic) bond motifs is 1. The lowest BCUT2D eigenvalue weighted by molar-refractivity contribution is 0.0680. The second-order valence-corrected chi connectivity index (χ2v) is 8.66. The molecule has 8 nitrogen and oxygen atoms in total. The molecule has 2 N–H and O–H groups in total. The second-order valence-electron chi connectivity index (χ2n) is 8.25. The number of halogens is 1. The predicted octanol–water partition coefficient (Wildman–Crippen LogP) is 4.85. The van der Waals surface area contributed by atoms with Crippen LogP contribution in [0, 0.1) is 0 Å². The summed E-state index contributed by atoms with van der Waals surface area (Å²) in [5, 5.41) is 13.4. The fourth-order valence-electron chi connectivity index (χ4n) is 3.88. The lowest BCUT2D eigenvalue weighted by atomic mass is 9.96. The Morgan fingerprint density at radius 1 is 1.15 bits per heavy atom. The molecular formula is C25H24ClN3O5.